The summed E-state index contributed by atoms with van der Waals surface area (Å²) >= 11 is 0. The highest BCUT2D eigenvalue weighted by atomic mass is 16.1. The molecule has 3 rings (SSSR count). The van der Waals surface area contributed by atoms with Gasteiger partial charge in [0.2, 0.25) is 0 Å². The molecular weight excluding hydrogens is 298 g/mol. The van der Waals surface area contributed by atoms with E-state index < -0.39 is 0 Å². The van der Waals surface area contributed by atoms with Gasteiger partial charge >= 0.3 is 0 Å². The lowest BCUT2D eigenvalue weighted by molar-refractivity contribution is 0.0950. The van der Waals surface area contributed by atoms with Gasteiger partial charge in [-0.3, -0.25) is 4.79 Å². The van der Waals surface area contributed by atoms with E-state index in [0.29, 0.717) is 12.1 Å². The van der Waals surface area contributed by atoms with Crippen LogP contribution in [0.4, 0.5) is 0 Å². The summed E-state index contributed by atoms with van der Waals surface area (Å²) in [5.41, 5.74) is 4.82. The molecule has 2 heterocycles. The number of benzene rings is 1. The minimum absolute atomic E-state index is 0.0688. The van der Waals surface area contributed by atoms with Gasteiger partial charge in [0, 0.05) is 11.8 Å². The second-order valence-electron chi connectivity index (χ2n) is 7.08. The zero-order valence-corrected chi connectivity index (χ0v) is 14.6. The number of nitrogens with one attached hydrogen (secondary N) is 1. The van der Waals surface area contributed by atoms with E-state index in [9.17, 15) is 4.79 Å². The smallest absolute Gasteiger partial charge is 0.251 e. The lowest BCUT2D eigenvalue weighted by Gasteiger charge is -2.19. The number of rotatable bonds is 3. The van der Waals surface area contributed by atoms with Crippen LogP contribution in [-0.4, -0.2) is 15.3 Å². The maximum atomic E-state index is 12.4. The molecule has 0 bridgehead atoms. The van der Waals surface area contributed by atoms with E-state index in [4.69, 9.17) is 0 Å². The van der Waals surface area contributed by atoms with Crippen LogP contribution in [0.5, 0.6) is 0 Å². The lowest BCUT2D eigenvalue weighted by atomic mass is 9.87. The number of hydrogen-bond donors (Lipinski definition) is 1. The van der Waals surface area contributed by atoms with E-state index in [0.717, 1.165) is 17.0 Å². The molecular formula is C20H23N3O. The maximum absolute atomic E-state index is 12.4. The van der Waals surface area contributed by atoms with Crippen molar-refractivity contribution in [2.45, 2.75) is 39.7 Å². The summed E-state index contributed by atoms with van der Waals surface area (Å²) in [6, 6.07) is 13.7. The molecule has 0 fully saturated rings. The number of hydrogen-bond acceptors (Lipinski definition) is 2. The molecule has 3 aromatic rings. The Hall–Kier alpha value is -2.62. The fraction of sp³-hybridized carbons (Fsp3) is 0.300. The SMILES string of the molecule is Cc1nc2ccccn2c1CNC(=O)c1ccc(C(C)(C)C)cc1. The van der Waals surface area contributed by atoms with Crippen LogP contribution in [0.3, 0.4) is 0 Å². The van der Waals surface area contributed by atoms with Gasteiger partial charge in [0.1, 0.15) is 5.65 Å². The number of imidazole rings is 1. The van der Waals surface area contributed by atoms with Gasteiger partial charge in [0.15, 0.2) is 0 Å². The third kappa shape index (κ3) is 3.18. The molecule has 0 saturated carbocycles. The zero-order chi connectivity index (χ0) is 17.3. The zero-order valence-electron chi connectivity index (χ0n) is 14.6. The predicted octanol–water partition coefficient (Wildman–Crippen LogP) is 3.87. The Kier molecular flexibility index (Phi) is 4.14. The quantitative estimate of drug-likeness (QED) is 0.796. The Labute approximate surface area is 142 Å². The molecule has 0 aliphatic heterocycles. The summed E-state index contributed by atoms with van der Waals surface area (Å²) < 4.78 is 2.01. The summed E-state index contributed by atoms with van der Waals surface area (Å²) in [6.45, 7) is 8.91. The summed E-state index contributed by atoms with van der Waals surface area (Å²) in [5.74, 6) is -0.0688. The Balaban J connectivity index is 1.74. The van der Waals surface area contributed by atoms with E-state index in [1.54, 1.807) is 0 Å². The highest BCUT2D eigenvalue weighted by molar-refractivity contribution is 5.94. The second kappa shape index (κ2) is 6.11. The van der Waals surface area contributed by atoms with Crippen LogP contribution in [0, 0.1) is 6.92 Å². The van der Waals surface area contributed by atoms with E-state index in [2.05, 4.69) is 31.1 Å². The van der Waals surface area contributed by atoms with Crippen molar-refractivity contribution >= 4 is 11.6 Å². The van der Waals surface area contributed by atoms with Gasteiger partial charge in [-0.25, -0.2) is 4.98 Å². The Bertz CT molecular complexity index is 870. The summed E-state index contributed by atoms with van der Waals surface area (Å²) in [7, 11) is 0. The van der Waals surface area contributed by atoms with Crippen LogP contribution in [-0.2, 0) is 12.0 Å². The molecule has 0 aliphatic rings. The molecule has 0 aliphatic carbocycles. The molecule has 0 saturated heterocycles. The van der Waals surface area contributed by atoms with Crippen LogP contribution in [0.1, 0.15) is 48.1 Å². The molecule has 0 atom stereocenters. The third-order valence-corrected chi connectivity index (χ3v) is 4.26. The van der Waals surface area contributed by atoms with E-state index >= 15 is 0 Å². The number of aromatic nitrogens is 2. The first-order valence-corrected chi connectivity index (χ1v) is 8.17. The topological polar surface area (TPSA) is 46.4 Å². The normalized spacial score (nSPS) is 11.7. The number of fused-ring (bicyclic) bond motifs is 1. The number of aryl methyl sites for hydroxylation is 1. The Morgan fingerprint density at radius 1 is 1.12 bits per heavy atom. The molecule has 0 radical (unpaired) electrons. The van der Waals surface area contributed by atoms with E-state index in [-0.39, 0.29) is 11.3 Å². The molecule has 24 heavy (non-hydrogen) atoms. The largest absolute Gasteiger partial charge is 0.346 e. The molecule has 2 aromatic heterocycles. The van der Waals surface area contributed by atoms with Gasteiger partial charge in [-0.05, 0) is 42.2 Å². The summed E-state index contributed by atoms with van der Waals surface area (Å²) in [6.07, 6.45) is 1.97. The first-order valence-electron chi connectivity index (χ1n) is 8.17. The fourth-order valence-electron chi connectivity index (χ4n) is 2.76. The predicted molar refractivity (Wildman–Crippen MR) is 96.2 cm³/mol. The van der Waals surface area contributed by atoms with Crippen molar-refractivity contribution in [3.8, 4) is 0 Å². The van der Waals surface area contributed by atoms with Crippen molar-refractivity contribution in [1.82, 2.24) is 14.7 Å². The molecule has 0 spiro atoms. The third-order valence-electron chi connectivity index (χ3n) is 4.26. The standard InChI is InChI=1S/C20H23N3O/c1-14-17(23-12-6-5-7-18(23)22-14)13-21-19(24)15-8-10-16(11-9-15)20(2,3)4/h5-12H,13H2,1-4H3,(H,21,24). The van der Waals surface area contributed by atoms with E-state index in [1.807, 2.05) is 60.0 Å². The van der Waals surface area contributed by atoms with Crippen LogP contribution in [0.25, 0.3) is 5.65 Å². The van der Waals surface area contributed by atoms with Crippen molar-refractivity contribution in [3.05, 3.63) is 71.2 Å². The number of carbonyl (C=O) groups is 1. The molecule has 1 N–H and O–H groups in total. The van der Waals surface area contributed by atoms with Crippen LogP contribution in [0.15, 0.2) is 48.7 Å². The van der Waals surface area contributed by atoms with Crippen molar-refractivity contribution in [2.24, 2.45) is 0 Å². The van der Waals surface area contributed by atoms with Gasteiger partial charge in [0.05, 0.1) is 17.9 Å². The Morgan fingerprint density at radius 2 is 1.83 bits per heavy atom. The van der Waals surface area contributed by atoms with Crippen LogP contribution >= 0.6 is 0 Å². The van der Waals surface area contributed by atoms with Gasteiger partial charge < -0.3 is 9.72 Å². The van der Waals surface area contributed by atoms with Crippen molar-refractivity contribution in [2.75, 3.05) is 0 Å². The maximum Gasteiger partial charge on any atom is 0.251 e. The molecule has 1 aromatic carbocycles. The highest BCUT2D eigenvalue weighted by Gasteiger charge is 2.15. The molecule has 4 heteroatoms. The first kappa shape index (κ1) is 16.2. The van der Waals surface area contributed by atoms with Crippen molar-refractivity contribution < 1.29 is 4.79 Å². The monoisotopic (exact) mass is 321 g/mol. The fourth-order valence-corrected chi connectivity index (χ4v) is 2.76. The van der Waals surface area contributed by atoms with Crippen molar-refractivity contribution in [1.29, 1.82) is 0 Å². The van der Waals surface area contributed by atoms with Gasteiger partial charge in [0.25, 0.3) is 5.91 Å². The first-order chi connectivity index (χ1) is 11.4. The average molecular weight is 321 g/mol. The Morgan fingerprint density at radius 3 is 2.50 bits per heavy atom. The highest BCUT2D eigenvalue weighted by Crippen LogP contribution is 2.22. The van der Waals surface area contributed by atoms with Gasteiger partial charge in [-0.2, -0.15) is 0 Å². The summed E-state index contributed by atoms with van der Waals surface area (Å²) in [5, 5.41) is 2.99. The van der Waals surface area contributed by atoms with Gasteiger partial charge in [-0.1, -0.05) is 39.0 Å². The molecule has 4 nitrogen and oxygen atoms in total. The number of carbonyl (C=O) groups excluding carboxylic acids is 1. The molecule has 124 valence electrons. The number of pyridine rings is 1. The number of amides is 1. The van der Waals surface area contributed by atoms with Crippen molar-refractivity contribution in [3.63, 3.8) is 0 Å². The minimum atomic E-state index is -0.0688. The molecule has 0 unspecified atom stereocenters. The lowest BCUT2D eigenvalue weighted by Crippen LogP contribution is -2.24. The van der Waals surface area contributed by atoms with Crippen LogP contribution in [0.2, 0.25) is 0 Å². The number of nitrogens with zero attached hydrogens (tertiary/aromatic N) is 2. The minimum Gasteiger partial charge on any atom is -0.346 e. The summed E-state index contributed by atoms with van der Waals surface area (Å²) in [4.78, 5) is 16.9. The average Bonchev–Trinajstić information content (AvgIpc) is 2.87. The second-order valence-corrected chi connectivity index (χ2v) is 7.08. The van der Waals surface area contributed by atoms with Crippen LogP contribution < -0.4 is 5.32 Å². The van der Waals surface area contributed by atoms with Gasteiger partial charge in [-0.15, -0.1) is 0 Å². The molecule has 1 amide bonds. The van der Waals surface area contributed by atoms with E-state index in [1.165, 1.54) is 5.56 Å².